The molecule has 0 fully saturated rings. The third-order valence-electron chi connectivity index (χ3n) is 2.46. The van der Waals surface area contributed by atoms with Gasteiger partial charge in [0.25, 0.3) is 0 Å². The lowest BCUT2D eigenvalue weighted by Gasteiger charge is -2.34. The quantitative estimate of drug-likeness (QED) is 0.884. The van der Waals surface area contributed by atoms with Gasteiger partial charge < -0.3 is 10.6 Å². The van der Waals surface area contributed by atoms with Gasteiger partial charge in [0.2, 0.25) is 0 Å². The summed E-state index contributed by atoms with van der Waals surface area (Å²) in [5.74, 6) is 1.61. The maximum atomic E-state index is 4.29. The van der Waals surface area contributed by atoms with Gasteiger partial charge in [0.05, 0.1) is 0 Å². The summed E-state index contributed by atoms with van der Waals surface area (Å²) in [5, 5.41) is 6.51. The molecule has 0 radical (unpaired) electrons. The second kappa shape index (κ2) is 5.43. The monoisotopic (exact) mass is 314 g/mol. The van der Waals surface area contributed by atoms with E-state index >= 15 is 0 Å². The molecule has 1 heterocycles. The zero-order chi connectivity index (χ0) is 14.0. The average Bonchev–Trinajstić information content (AvgIpc) is 2.17. The average molecular weight is 315 g/mol. The maximum Gasteiger partial charge on any atom is 0.146 e. The predicted molar refractivity (Wildman–Crippen MR) is 81.1 cm³/mol. The SMILES string of the molecule is CNc1ncnc(NC(C)(C)CC(C)(C)C)c1Br. The van der Waals surface area contributed by atoms with Gasteiger partial charge in [0, 0.05) is 12.6 Å². The van der Waals surface area contributed by atoms with Crippen molar-refractivity contribution in [2.75, 3.05) is 17.7 Å². The van der Waals surface area contributed by atoms with Gasteiger partial charge in [0.1, 0.15) is 22.4 Å². The number of anilines is 2. The summed E-state index contributed by atoms with van der Waals surface area (Å²) in [6, 6.07) is 0. The van der Waals surface area contributed by atoms with Crippen LogP contribution in [0.5, 0.6) is 0 Å². The van der Waals surface area contributed by atoms with Crippen LogP contribution in [0.1, 0.15) is 41.0 Å². The molecule has 5 heteroatoms. The molecule has 1 aromatic rings. The Kier molecular flexibility index (Phi) is 4.59. The van der Waals surface area contributed by atoms with Gasteiger partial charge in [-0.2, -0.15) is 0 Å². The highest BCUT2D eigenvalue weighted by Gasteiger charge is 2.26. The molecule has 0 aliphatic rings. The number of aromatic nitrogens is 2. The fraction of sp³-hybridized carbons (Fsp3) is 0.692. The highest BCUT2D eigenvalue weighted by molar-refractivity contribution is 9.10. The van der Waals surface area contributed by atoms with E-state index < -0.39 is 0 Å². The number of hydrogen-bond donors (Lipinski definition) is 2. The van der Waals surface area contributed by atoms with Crippen LogP contribution in [0.4, 0.5) is 11.6 Å². The minimum atomic E-state index is -0.0276. The molecule has 0 saturated heterocycles. The van der Waals surface area contributed by atoms with E-state index in [-0.39, 0.29) is 11.0 Å². The Hall–Kier alpha value is -0.840. The lowest BCUT2D eigenvalue weighted by atomic mass is 9.82. The van der Waals surface area contributed by atoms with E-state index in [2.05, 4.69) is 71.2 Å². The second-order valence-corrected chi connectivity index (χ2v) is 7.17. The topological polar surface area (TPSA) is 49.8 Å². The van der Waals surface area contributed by atoms with Crippen molar-refractivity contribution in [3.8, 4) is 0 Å². The Morgan fingerprint density at radius 2 is 1.67 bits per heavy atom. The highest BCUT2D eigenvalue weighted by atomic mass is 79.9. The molecule has 0 spiro atoms. The molecule has 18 heavy (non-hydrogen) atoms. The van der Waals surface area contributed by atoms with Gasteiger partial charge >= 0.3 is 0 Å². The summed E-state index contributed by atoms with van der Waals surface area (Å²) in [5.41, 5.74) is 0.238. The smallest absolute Gasteiger partial charge is 0.146 e. The largest absolute Gasteiger partial charge is 0.372 e. The van der Waals surface area contributed by atoms with Crippen LogP contribution in [0.15, 0.2) is 10.8 Å². The fourth-order valence-electron chi connectivity index (χ4n) is 2.32. The Morgan fingerprint density at radius 3 is 2.17 bits per heavy atom. The van der Waals surface area contributed by atoms with Crippen molar-refractivity contribution in [2.24, 2.45) is 5.41 Å². The highest BCUT2D eigenvalue weighted by Crippen LogP contribution is 2.33. The number of halogens is 1. The Bertz CT molecular complexity index is 410. The van der Waals surface area contributed by atoms with Crippen LogP contribution in [-0.2, 0) is 0 Å². The molecule has 102 valence electrons. The standard InChI is InChI=1S/C13H23BrN4/c1-12(2,3)7-13(4,5)18-11-9(14)10(15-6)16-8-17-11/h8H,7H2,1-6H3,(H2,15,16,17,18). The molecule has 1 rings (SSSR count). The van der Waals surface area contributed by atoms with Crippen molar-refractivity contribution in [3.63, 3.8) is 0 Å². The van der Waals surface area contributed by atoms with Crippen molar-refractivity contribution in [3.05, 3.63) is 10.8 Å². The second-order valence-electron chi connectivity index (χ2n) is 6.38. The molecule has 0 saturated carbocycles. The van der Waals surface area contributed by atoms with Gasteiger partial charge in [-0.1, -0.05) is 20.8 Å². The Balaban J connectivity index is 2.90. The van der Waals surface area contributed by atoms with Crippen molar-refractivity contribution in [2.45, 2.75) is 46.6 Å². The van der Waals surface area contributed by atoms with Gasteiger partial charge in [-0.05, 0) is 41.6 Å². The van der Waals surface area contributed by atoms with Crippen LogP contribution in [0, 0.1) is 5.41 Å². The molecule has 0 bridgehead atoms. The number of nitrogens with zero attached hydrogens (tertiary/aromatic N) is 2. The Morgan fingerprint density at radius 1 is 1.11 bits per heavy atom. The van der Waals surface area contributed by atoms with Crippen molar-refractivity contribution in [1.82, 2.24) is 9.97 Å². The zero-order valence-electron chi connectivity index (χ0n) is 12.1. The molecular formula is C13H23BrN4. The van der Waals surface area contributed by atoms with E-state index in [4.69, 9.17) is 0 Å². The van der Waals surface area contributed by atoms with E-state index in [0.717, 1.165) is 22.5 Å². The molecular weight excluding hydrogens is 292 g/mol. The van der Waals surface area contributed by atoms with Crippen LogP contribution < -0.4 is 10.6 Å². The number of rotatable bonds is 4. The van der Waals surface area contributed by atoms with Crippen LogP contribution in [0.2, 0.25) is 0 Å². The first-order valence-electron chi connectivity index (χ1n) is 6.11. The predicted octanol–water partition coefficient (Wildman–Crippen LogP) is 3.91. The summed E-state index contributed by atoms with van der Waals surface area (Å²) >= 11 is 3.52. The molecule has 4 nitrogen and oxygen atoms in total. The minimum absolute atomic E-state index is 0.0276. The lowest BCUT2D eigenvalue weighted by Crippen LogP contribution is -2.36. The molecule has 0 amide bonds. The van der Waals surface area contributed by atoms with Crippen LogP contribution in [-0.4, -0.2) is 22.6 Å². The first-order valence-corrected chi connectivity index (χ1v) is 6.90. The van der Waals surface area contributed by atoms with Gasteiger partial charge in [0.15, 0.2) is 0 Å². The first kappa shape index (κ1) is 15.2. The summed E-state index contributed by atoms with van der Waals surface area (Å²) in [7, 11) is 1.84. The molecule has 1 aromatic heterocycles. The molecule has 0 unspecified atom stereocenters. The van der Waals surface area contributed by atoms with E-state index in [1.165, 1.54) is 0 Å². The van der Waals surface area contributed by atoms with Gasteiger partial charge in [-0.25, -0.2) is 9.97 Å². The van der Waals surface area contributed by atoms with Crippen LogP contribution in [0.25, 0.3) is 0 Å². The molecule has 0 aliphatic carbocycles. The number of nitrogens with one attached hydrogen (secondary N) is 2. The Labute approximate surface area is 118 Å². The van der Waals surface area contributed by atoms with Crippen molar-refractivity contribution < 1.29 is 0 Å². The van der Waals surface area contributed by atoms with E-state index in [9.17, 15) is 0 Å². The van der Waals surface area contributed by atoms with E-state index in [1.54, 1.807) is 6.33 Å². The molecule has 0 aliphatic heterocycles. The third-order valence-corrected chi connectivity index (χ3v) is 3.21. The third kappa shape index (κ3) is 4.44. The van der Waals surface area contributed by atoms with Crippen molar-refractivity contribution >= 4 is 27.6 Å². The zero-order valence-corrected chi connectivity index (χ0v) is 13.6. The van der Waals surface area contributed by atoms with Gasteiger partial charge in [-0.15, -0.1) is 0 Å². The summed E-state index contributed by atoms with van der Waals surface area (Å²) in [6.45, 7) is 11.1. The lowest BCUT2D eigenvalue weighted by molar-refractivity contribution is 0.302. The fourth-order valence-corrected chi connectivity index (χ4v) is 2.82. The van der Waals surface area contributed by atoms with Crippen molar-refractivity contribution in [1.29, 1.82) is 0 Å². The van der Waals surface area contributed by atoms with Gasteiger partial charge in [-0.3, -0.25) is 0 Å². The normalized spacial score (nSPS) is 12.4. The molecule has 0 aromatic carbocycles. The molecule has 2 N–H and O–H groups in total. The maximum absolute atomic E-state index is 4.29. The summed E-state index contributed by atoms with van der Waals surface area (Å²) < 4.78 is 0.870. The van der Waals surface area contributed by atoms with E-state index in [0.29, 0.717) is 0 Å². The number of hydrogen-bond acceptors (Lipinski definition) is 4. The molecule has 0 atom stereocenters. The van der Waals surface area contributed by atoms with E-state index in [1.807, 2.05) is 7.05 Å². The minimum Gasteiger partial charge on any atom is -0.372 e. The van der Waals surface area contributed by atoms with Crippen LogP contribution in [0.3, 0.4) is 0 Å². The first-order chi connectivity index (χ1) is 8.14. The summed E-state index contributed by atoms with van der Waals surface area (Å²) in [6.07, 6.45) is 2.61. The summed E-state index contributed by atoms with van der Waals surface area (Å²) in [4.78, 5) is 8.45. The van der Waals surface area contributed by atoms with Crippen LogP contribution >= 0.6 is 15.9 Å².